The molecule has 1 aromatic carbocycles. The van der Waals surface area contributed by atoms with Gasteiger partial charge < -0.3 is 15.0 Å². The van der Waals surface area contributed by atoms with Crippen LogP contribution in [0.5, 0.6) is 5.75 Å². The van der Waals surface area contributed by atoms with E-state index in [0.717, 1.165) is 25.4 Å². The van der Waals surface area contributed by atoms with Gasteiger partial charge in [0, 0.05) is 18.0 Å². The van der Waals surface area contributed by atoms with E-state index in [4.69, 9.17) is 4.74 Å². The number of ether oxygens (including phenoxy) is 1. The molecule has 0 bridgehead atoms. The first-order valence-corrected chi connectivity index (χ1v) is 9.08. The van der Waals surface area contributed by atoms with E-state index in [0.29, 0.717) is 5.92 Å². The lowest BCUT2D eigenvalue weighted by molar-refractivity contribution is -0.127. The largest absolute Gasteiger partial charge is 0.481 e. The number of hydrogen-bond acceptors (Lipinski definition) is 4. The van der Waals surface area contributed by atoms with E-state index in [1.165, 1.54) is 17.7 Å². The molecule has 1 aromatic rings. The summed E-state index contributed by atoms with van der Waals surface area (Å²) in [6.45, 7) is 4.76. The highest BCUT2D eigenvalue weighted by Crippen LogP contribution is 2.20. The molecule has 0 saturated carbocycles. The lowest BCUT2D eigenvalue weighted by Gasteiger charge is -2.30. The number of likely N-dealkylation sites (tertiary alicyclic amines) is 1. The molecule has 1 amide bonds. The highest BCUT2D eigenvalue weighted by Gasteiger charge is 2.20. The maximum Gasteiger partial charge on any atom is 0.260 e. The Kier molecular flexibility index (Phi) is 6.58. The second-order valence-electron chi connectivity index (χ2n) is 5.95. The minimum Gasteiger partial charge on any atom is -0.481 e. The van der Waals surface area contributed by atoms with Gasteiger partial charge in [-0.05, 0) is 69.8 Å². The summed E-state index contributed by atoms with van der Waals surface area (Å²) >= 11 is 1.69. The zero-order valence-corrected chi connectivity index (χ0v) is 14.5. The highest BCUT2D eigenvalue weighted by molar-refractivity contribution is 7.98. The Balaban J connectivity index is 1.76. The van der Waals surface area contributed by atoms with E-state index in [2.05, 4.69) is 17.3 Å². The van der Waals surface area contributed by atoms with Crippen LogP contribution in [-0.2, 0) is 4.79 Å². The molecule has 0 radical (unpaired) electrons. The van der Waals surface area contributed by atoms with Crippen molar-refractivity contribution in [3.05, 3.63) is 24.3 Å². The van der Waals surface area contributed by atoms with Gasteiger partial charge in [-0.3, -0.25) is 4.79 Å². The number of carbonyl (C=O) groups is 1. The smallest absolute Gasteiger partial charge is 0.260 e. The van der Waals surface area contributed by atoms with Gasteiger partial charge in [0.05, 0.1) is 0 Å². The molecule has 1 N–H and O–H groups in total. The Morgan fingerprint density at radius 1 is 1.45 bits per heavy atom. The summed E-state index contributed by atoms with van der Waals surface area (Å²) in [6.07, 6.45) is 3.97. The number of nitrogens with one attached hydrogen (secondary N) is 1. The molecule has 1 aliphatic heterocycles. The molecule has 0 aliphatic carbocycles. The Hall–Kier alpha value is -1.20. The second-order valence-corrected chi connectivity index (χ2v) is 6.83. The van der Waals surface area contributed by atoms with Crippen LogP contribution in [0.15, 0.2) is 29.2 Å². The van der Waals surface area contributed by atoms with E-state index < -0.39 is 6.10 Å². The zero-order valence-electron chi connectivity index (χ0n) is 13.7. The summed E-state index contributed by atoms with van der Waals surface area (Å²) < 4.78 is 5.70. The van der Waals surface area contributed by atoms with Gasteiger partial charge in [0.15, 0.2) is 6.10 Å². The maximum atomic E-state index is 12.1. The second kappa shape index (κ2) is 8.44. The Bertz CT molecular complexity index is 478. The molecular formula is C17H26N2O2S. The average Bonchev–Trinajstić information content (AvgIpc) is 2.53. The minimum atomic E-state index is -0.471. The fourth-order valence-corrected chi connectivity index (χ4v) is 3.15. The topological polar surface area (TPSA) is 41.6 Å². The predicted molar refractivity (Wildman–Crippen MR) is 91.5 cm³/mol. The van der Waals surface area contributed by atoms with Crippen molar-refractivity contribution in [2.24, 2.45) is 5.92 Å². The number of piperidine rings is 1. The SMILES string of the molecule is CSc1ccc(OC(C)C(=O)NCC2CCCN(C)C2)cc1. The van der Waals surface area contributed by atoms with Gasteiger partial charge in [0.25, 0.3) is 5.91 Å². The van der Waals surface area contributed by atoms with Gasteiger partial charge in [-0.15, -0.1) is 11.8 Å². The van der Waals surface area contributed by atoms with Crippen LogP contribution in [0.25, 0.3) is 0 Å². The lowest BCUT2D eigenvalue weighted by Crippen LogP contribution is -2.42. The highest BCUT2D eigenvalue weighted by atomic mass is 32.2. The van der Waals surface area contributed by atoms with Gasteiger partial charge in [0.2, 0.25) is 0 Å². The van der Waals surface area contributed by atoms with E-state index in [1.807, 2.05) is 30.5 Å². The molecule has 1 fully saturated rings. The van der Waals surface area contributed by atoms with Gasteiger partial charge in [0.1, 0.15) is 5.75 Å². The number of benzene rings is 1. The van der Waals surface area contributed by atoms with Crippen LogP contribution in [0.3, 0.4) is 0 Å². The number of nitrogens with zero attached hydrogens (tertiary/aromatic N) is 1. The lowest BCUT2D eigenvalue weighted by atomic mass is 9.98. The number of amides is 1. The Morgan fingerprint density at radius 3 is 2.82 bits per heavy atom. The van der Waals surface area contributed by atoms with Crippen LogP contribution in [0.2, 0.25) is 0 Å². The first kappa shape index (κ1) is 17.2. The Morgan fingerprint density at radius 2 is 2.18 bits per heavy atom. The van der Waals surface area contributed by atoms with Crippen LogP contribution in [0, 0.1) is 5.92 Å². The zero-order chi connectivity index (χ0) is 15.9. The summed E-state index contributed by atoms with van der Waals surface area (Å²) in [7, 11) is 2.14. The van der Waals surface area contributed by atoms with E-state index in [9.17, 15) is 4.79 Å². The molecule has 0 aromatic heterocycles. The summed E-state index contributed by atoms with van der Waals surface area (Å²) in [5.41, 5.74) is 0. The van der Waals surface area contributed by atoms with Gasteiger partial charge in [-0.2, -0.15) is 0 Å². The molecule has 4 nitrogen and oxygen atoms in total. The molecule has 5 heteroatoms. The summed E-state index contributed by atoms with van der Waals surface area (Å²) in [4.78, 5) is 15.7. The monoisotopic (exact) mass is 322 g/mol. The fourth-order valence-electron chi connectivity index (χ4n) is 2.74. The molecule has 2 rings (SSSR count). The van der Waals surface area contributed by atoms with Crippen molar-refractivity contribution in [3.63, 3.8) is 0 Å². The molecule has 1 aliphatic rings. The standard InChI is InChI=1S/C17H26N2O2S/c1-13(21-15-6-8-16(22-3)9-7-15)17(20)18-11-14-5-4-10-19(2)12-14/h6-9,13-14H,4-5,10-12H2,1-3H3,(H,18,20). The van der Waals surface area contributed by atoms with Gasteiger partial charge in [-0.1, -0.05) is 0 Å². The minimum absolute atomic E-state index is 0.0397. The van der Waals surface area contributed by atoms with Crippen LogP contribution in [0.4, 0.5) is 0 Å². The van der Waals surface area contributed by atoms with Crippen molar-refractivity contribution in [1.82, 2.24) is 10.2 Å². The Labute approximate surface area is 137 Å². The number of rotatable bonds is 6. The third-order valence-electron chi connectivity index (χ3n) is 4.03. The van der Waals surface area contributed by atoms with E-state index in [1.54, 1.807) is 18.7 Å². The molecule has 1 saturated heterocycles. The quantitative estimate of drug-likeness (QED) is 0.818. The van der Waals surface area contributed by atoms with Crippen molar-refractivity contribution in [1.29, 1.82) is 0 Å². The van der Waals surface area contributed by atoms with Gasteiger partial charge >= 0.3 is 0 Å². The number of thioether (sulfide) groups is 1. The van der Waals surface area contributed by atoms with E-state index in [-0.39, 0.29) is 5.91 Å². The summed E-state index contributed by atoms with van der Waals surface area (Å²) in [6, 6.07) is 7.82. The van der Waals surface area contributed by atoms with Crippen LogP contribution in [-0.4, -0.2) is 49.8 Å². The van der Waals surface area contributed by atoms with Crippen molar-refractivity contribution in [2.45, 2.75) is 30.8 Å². The third kappa shape index (κ3) is 5.21. The van der Waals surface area contributed by atoms with Crippen molar-refractivity contribution < 1.29 is 9.53 Å². The molecule has 22 heavy (non-hydrogen) atoms. The molecule has 2 atom stereocenters. The van der Waals surface area contributed by atoms with Crippen molar-refractivity contribution in [2.75, 3.05) is 32.9 Å². The first-order valence-electron chi connectivity index (χ1n) is 7.85. The molecule has 0 spiro atoms. The summed E-state index contributed by atoms with van der Waals surface area (Å²) in [5, 5.41) is 3.02. The van der Waals surface area contributed by atoms with Crippen LogP contribution in [0.1, 0.15) is 19.8 Å². The normalized spacial score (nSPS) is 20.4. The molecule has 2 unspecified atom stereocenters. The van der Waals surface area contributed by atoms with Crippen LogP contribution >= 0.6 is 11.8 Å². The third-order valence-corrected chi connectivity index (χ3v) is 4.77. The number of hydrogen-bond donors (Lipinski definition) is 1. The van der Waals surface area contributed by atoms with Crippen molar-refractivity contribution >= 4 is 17.7 Å². The summed E-state index contributed by atoms with van der Waals surface area (Å²) in [5.74, 6) is 1.25. The molecule has 1 heterocycles. The van der Waals surface area contributed by atoms with Gasteiger partial charge in [-0.25, -0.2) is 0 Å². The maximum absolute atomic E-state index is 12.1. The average molecular weight is 322 g/mol. The predicted octanol–water partition coefficient (Wildman–Crippen LogP) is 2.63. The molecular weight excluding hydrogens is 296 g/mol. The molecule has 122 valence electrons. The van der Waals surface area contributed by atoms with E-state index >= 15 is 0 Å². The van der Waals surface area contributed by atoms with Crippen molar-refractivity contribution in [3.8, 4) is 5.75 Å². The van der Waals surface area contributed by atoms with Crippen LogP contribution < -0.4 is 10.1 Å². The first-order chi connectivity index (χ1) is 10.6. The number of carbonyl (C=O) groups excluding carboxylic acids is 1. The fraction of sp³-hybridized carbons (Fsp3) is 0.588.